The van der Waals surface area contributed by atoms with Crippen LogP contribution in [-0.4, -0.2) is 56.9 Å². The highest BCUT2D eigenvalue weighted by Crippen LogP contribution is 2.14. The maximum atomic E-state index is 12.4. The van der Waals surface area contributed by atoms with E-state index >= 15 is 0 Å². The van der Waals surface area contributed by atoms with Crippen LogP contribution in [0.25, 0.3) is 0 Å². The first-order valence-electron chi connectivity index (χ1n) is 10.5. The predicted octanol–water partition coefficient (Wildman–Crippen LogP) is 2.58. The molecule has 8 heteroatoms. The van der Waals surface area contributed by atoms with Gasteiger partial charge in [0.2, 0.25) is 15.9 Å². The number of hydrogen-bond acceptors (Lipinski definition) is 5. The Bertz CT molecular complexity index is 909. The van der Waals surface area contributed by atoms with E-state index in [-0.39, 0.29) is 10.8 Å². The average molecular weight is 431 g/mol. The number of amides is 1. The fraction of sp³-hybridized carbons (Fsp3) is 0.455. The van der Waals surface area contributed by atoms with Crippen molar-refractivity contribution in [3.63, 3.8) is 0 Å². The van der Waals surface area contributed by atoms with E-state index in [9.17, 15) is 13.2 Å². The number of benzene rings is 1. The number of anilines is 1. The summed E-state index contributed by atoms with van der Waals surface area (Å²) in [6.45, 7) is 5.32. The first-order chi connectivity index (χ1) is 14.5. The van der Waals surface area contributed by atoms with Gasteiger partial charge in [0.1, 0.15) is 5.82 Å². The number of aryl methyl sites for hydroxylation is 1. The molecular weight excluding hydrogens is 400 g/mol. The van der Waals surface area contributed by atoms with E-state index in [0.29, 0.717) is 32.5 Å². The number of hydrogen-bond donors (Lipinski definition) is 1. The van der Waals surface area contributed by atoms with E-state index in [1.807, 2.05) is 30.0 Å². The number of unbranched alkanes of at least 4 members (excludes halogenated alkanes) is 2. The normalized spacial score (nSPS) is 14.7. The predicted molar refractivity (Wildman–Crippen MR) is 118 cm³/mol. The highest BCUT2D eigenvalue weighted by molar-refractivity contribution is 7.89. The van der Waals surface area contributed by atoms with E-state index in [1.165, 1.54) is 0 Å². The van der Waals surface area contributed by atoms with Gasteiger partial charge in [-0.1, -0.05) is 30.2 Å². The Hall–Kier alpha value is -2.45. The van der Waals surface area contributed by atoms with Crippen LogP contribution in [0.2, 0.25) is 0 Å². The van der Waals surface area contributed by atoms with Crippen molar-refractivity contribution in [2.75, 3.05) is 37.6 Å². The molecule has 7 nitrogen and oxygen atoms in total. The standard InChI is InChI=1S/C22H30N4O3S/c1-19-9-11-20(12-10-19)30(28,29)24-14-5-2-3-8-22(27)26-17-15-25(16-18-26)21-7-4-6-13-23-21/h4,6-7,9-13,24H,2-3,5,8,14-18H2,1H3. The van der Waals surface area contributed by atoms with Gasteiger partial charge in [-0.05, 0) is 44.0 Å². The summed E-state index contributed by atoms with van der Waals surface area (Å²) in [6.07, 6.45) is 4.59. The molecule has 1 aromatic carbocycles. The van der Waals surface area contributed by atoms with E-state index in [0.717, 1.165) is 37.3 Å². The fourth-order valence-corrected chi connectivity index (χ4v) is 4.54. The number of aromatic nitrogens is 1. The topological polar surface area (TPSA) is 82.6 Å². The van der Waals surface area contributed by atoms with E-state index in [4.69, 9.17) is 0 Å². The molecule has 0 spiro atoms. The smallest absolute Gasteiger partial charge is 0.240 e. The fourth-order valence-electron chi connectivity index (χ4n) is 3.47. The minimum Gasteiger partial charge on any atom is -0.353 e. The van der Waals surface area contributed by atoms with Crippen LogP contribution in [0.4, 0.5) is 5.82 Å². The molecule has 0 bridgehead atoms. The number of carbonyl (C=O) groups excluding carboxylic acids is 1. The maximum absolute atomic E-state index is 12.4. The highest BCUT2D eigenvalue weighted by atomic mass is 32.2. The number of piperazine rings is 1. The molecule has 0 atom stereocenters. The van der Waals surface area contributed by atoms with Crippen LogP contribution in [0.5, 0.6) is 0 Å². The number of carbonyl (C=O) groups is 1. The minimum atomic E-state index is -3.46. The third kappa shape index (κ3) is 6.27. The number of rotatable bonds is 9. The monoisotopic (exact) mass is 430 g/mol. The minimum absolute atomic E-state index is 0.177. The zero-order valence-electron chi connectivity index (χ0n) is 17.5. The second-order valence-electron chi connectivity index (χ2n) is 7.58. The van der Waals surface area contributed by atoms with Gasteiger partial charge in [0.05, 0.1) is 4.90 Å². The molecule has 2 aromatic rings. The molecule has 1 aliphatic heterocycles. The first-order valence-corrected chi connectivity index (χ1v) is 11.9. The summed E-state index contributed by atoms with van der Waals surface area (Å²) >= 11 is 0. The molecule has 162 valence electrons. The van der Waals surface area contributed by atoms with Crippen molar-refractivity contribution < 1.29 is 13.2 Å². The molecule has 2 heterocycles. The molecule has 0 radical (unpaired) electrons. The quantitative estimate of drug-likeness (QED) is 0.619. The van der Waals surface area contributed by atoms with Crippen molar-refractivity contribution in [3.8, 4) is 0 Å². The van der Waals surface area contributed by atoms with Crippen molar-refractivity contribution in [1.29, 1.82) is 0 Å². The Kier molecular flexibility index (Phi) is 7.81. The number of nitrogens with zero attached hydrogens (tertiary/aromatic N) is 3. The lowest BCUT2D eigenvalue weighted by Gasteiger charge is -2.35. The van der Waals surface area contributed by atoms with Gasteiger partial charge < -0.3 is 9.80 Å². The van der Waals surface area contributed by atoms with Gasteiger partial charge in [-0.3, -0.25) is 4.79 Å². The maximum Gasteiger partial charge on any atom is 0.240 e. The zero-order chi connectivity index (χ0) is 21.4. The molecule has 1 amide bonds. The van der Waals surface area contributed by atoms with Gasteiger partial charge in [0.25, 0.3) is 0 Å². The van der Waals surface area contributed by atoms with Crippen LogP contribution in [0.15, 0.2) is 53.6 Å². The number of sulfonamides is 1. The summed E-state index contributed by atoms with van der Waals surface area (Å²) in [4.78, 5) is 21.2. The van der Waals surface area contributed by atoms with Gasteiger partial charge in [-0.25, -0.2) is 18.1 Å². The number of nitrogens with one attached hydrogen (secondary N) is 1. The molecule has 0 aliphatic carbocycles. The molecule has 3 rings (SSSR count). The van der Waals surface area contributed by atoms with Crippen LogP contribution >= 0.6 is 0 Å². The molecular formula is C22H30N4O3S. The Labute approximate surface area is 179 Å². The largest absolute Gasteiger partial charge is 0.353 e. The molecule has 0 saturated carbocycles. The summed E-state index contributed by atoms with van der Waals surface area (Å²) in [7, 11) is -3.46. The SMILES string of the molecule is Cc1ccc(S(=O)(=O)NCCCCCC(=O)N2CCN(c3ccccn3)CC2)cc1. The molecule has 1 aromatic heterocycles. The lowest BCUT2D eigenvalue weighted by Crippen LogP contribution is -2.49. The third-order valence-electron chi connectivity index (χ3n) is 5.30. The van der Waals surface area contributed by atoms with Gasteiger partial charge in [0.15, 0.2) is 0 Å². The zero-order valence-corrected chi connectivity index (χ0v) is 18.3. The Morgan fingerprint density at radius 3 is 2.40 bits per heavy atom. The Morgan fingerprint density at radius 2 is 1.73 bits per heavy atom. The summed E-state index contributed by atoms with van der Waals surface area (Å²) < 4.78 is 27.1. The van der Waals surface area contributed by atoms with E-state index < -0.39 is 10.0 Å². The van der Waals surface area contributed by atoms with E-state index in [1.54, 1.807) is 30.5 Å². The van der Waals surface area contributed by atoms with Gasteiger partial charge in [-0.15, -0.1) is 0 Å². The van der Waals surface area contributed by atoms with Crippen LogP contribution < -0.4 is 9.62 Å². The molecule has 1 aliphatic rings. The van der Waals surface area contributed by atoms with Crippen molar-refractivity contribution in [2.45, 2.75) is 37.5 Å². The molecule has 1 fully saturated rings. The van der Waals surface area contributed by atoms with Crippen molar-refractivity contribution in [2.24, 2.45) is 0 Å². The van der Waals surface area contributed by atoms with Crippen LogP contribution in [0.1, 0.15) is 31.2 Å². The first kappa shape index (κ1) is 22.2. The summed E-state index contributed by atoms with van der Waals surface area (Å²) in [5.74, 6) is 1.13. The number of pyridine rings is 1. The van der Waals surface area contributed by atoms with Crippen molar-refractivity contribution in [3.05, 3.63) is 54.2 Å². The highest BCUT2D eigenvalue weighted by Gasteiger charge is 2.21. The van der Waals surface area contributed by atoms with Gasteiger partial charge in [-0.2, -0.15) is 0 Å². The second kappa shape index (κ2) is 10.5. The van der Waals surface area contributed by atoms with Crippen molar-refractivity contribution >= 4 is 21.7 Å². The third-order valence-corrected chi connectivity index (χ3v) is 6.77. The summed E-state index contributed by atoms with van der Waals surface area (Å²) in [6, 6.07) is 12.7. The van der Waals surface area contributed by atoms with Crippen molar-refractivity contribution in [1.82, 2.24) is 14.6 Å². The summed E-state index contributed by atoms with van der Waals surface area (Å²) in [5.41, 5.74) is 1.02. The van der Waals surface area contributed by atoms with Crippen LogP contribution in [-0.2, 0) is 14.8 Å². The average Bonchev–Trinajstić information content (AvgIpc) is 2.77. The Morgan fingerprint density at radius 1 is 1.00 bits per heavy atom. The van der Waals surface area contributed by atoms with E-state index in [2.05, 4.69) is 14.6 Å². The van der Waals surface area contributed by atoms with Crippen LogP contribution in [0, 0.1) is 6.92 Å². The molecule has 1 N–H and O–H groups in total. The molecule has 1 saturated heterocycles. The van der Waals surface area contributed by atoms with Gasteiger partial charge in [0, 0.05) is 45.3 Å². The molecule has 0 unspecified atom stereocenters. The van der Waals surface area contributed by atoms with Gasteiger partial charge >= 0.3 is 0 Å². The lowest BCUT2D eigenvalue weighted by atomic mass is 10.1. The van der Waals surface area contributed by atoms with Crippen LogP contribution in [0.3, 0.4) is 0 Å². The Balaban J connectivity index is 1.30. The summed E-state index contributed by atoms with van der Waals surface area (Å²) in [5, 5.41) is 0. The second-order valence-corrected chi connectivity index (χ2v) is 9.34. The molecule has 30 heavy (non-hydrogen) atoms. The lowest BCUT2D eigenvalue weighted by molar-refractivity contribution is -0.131.